The molecule has 31 heavy (non-hydrogen) atoms. The maximum Gasteiger partial charge on any atom is 0.252 e. The molecule has 4 aromatic rings. The lowest BCUT2D eigenvalue weighted by Gasteiger charge is -2.15. The molecule has 0 atom stereocenters. The average molecular weight is 419 g/mol. The molecular formula is C24H25N3O4. The van der Waals surface area contributed by atoms with Crippen LogP contribution in [0.3, 0.4) is 0 Å². The van der Waals surface area contributed by atoms with Crippen LogP contribution in [0.15, 0.2) is 41.2 Å². The Kier molecular flexibility index (Phi) is 5.42. The fraction of sp³-hybridized carbons (Fsp3) is 0.250. The Balaban J connectivity index is 1.93. The third-order valence-electron chi connectivity index (χ3n) is 5.57. The number of ether oxygens (including phenoxy) is 3. The molecule has 0 aliphatic heterocycles. The lowest BCUT2D eigenvalue weighted by Crippen LogP contribution is -2.17. The van der Waals surface area contributed by atoms with Crippen molar-refractivity contribution in [2.75, 3.05) is 27.1 Å². The van der Waals surface area contributed by atoms with E-state index in [2.05, 4.69) is 9.97 Å². The average Bonchev–Trinajstić information content (AvgIpc) is 2.79. The molecular weight excluding hydrogens is 394 g/mol. The second-order valence-electron chi connectivity index (χ2n) is 7.29. The number of rotatable bonds is 6. The molecule has 4 rings (SSSR count). The first-order chi connectivity index (χ1) is 15.0. The van der Waals surface area contributed by atoms with Gasteiger partial charge in [0.2, 0.25) is 0 Å². The van der Waals surface area contributed by atoms with Crippen molar-refractivity contribution in [2.45, 2.75) is 19.8 Å². The third-order valence-corrected chi connectivity index (χ3v) is 5.57. The number of fused-ring (bicyclic) bond motifs is 2. The van der Waals surface area contributed by atoms with Crippen LogP contribution in [-0.2, 0) is 12.8 Å². The first-order valence-corrected chi connectivity index (χ1v) is 10.0. The Hall–Kier alpha value is -3.74. The van der Waals surface area contributed by atoms with Gasteiger partial charge in [-0.1, -0.05) is 6.92 Å². The summed E-state index contributed by atoms with van der Waals surface area (Å²) in [4.78, 5) is 20.6. The highest BCUT2D eigenvalue weighted by molar-refractivity contribution is 5.91. The Morgan fingerprint density at radius 3 is 2.32 bits per heavy atom. The second kappa shape index (κ2) is 8.18. The van der Waals surface area contributed by atoms with Gasteiger partial charge in [0.25, 0.3) is 5.56 Å². The van der Waals surface area contributed by atoms with E-state index in [4.69, 9.17) is 19.9 Å². The number of benzene rings is 2. The van der Waals surface area contributed by atoms with Gasteiger partial charge in [-0.3, -0.25) is 4.79 Å². The van der Waals surface area contributed by atoms with Gasteiger partial charge < -0.3 is 24.9 Å². The van der Waals surface area contributed by atoms with E-state index in [-0.39, 0.29) is 5.56 Å². The molecule has 0 unspecified atom stereocenters. The quantitative estimate of drug-likeness (QED) is 0.493. The van der Waals surface area contributed by atoms with Crippen molar-refractivity contribution in [2.24, 2.45) is 0 Å². The number of aryl methyl sites for hydroxylation is 1. The summed E-state index contributed by atoms with van der Waals surface area (Å²) < 4.78 is 16.3. The number of anilines is 1. The fourth-order valence-electron chi connectivity index (χ4n) is 3.91. The molecule has 160 valence electrons. The van der Waals surface area contributed by atoms with E-state index in [0.29, 0.717) is 35.7 Å². The summed E-state index contributed by atoms with van der Waals surface area (Å²) in [6.45, 7) is 2.00. The van der Waals surface area contributed by atoms with Gasteiger partial charge in [-0.25, -0.2) is 4.98 Å². The van der Waals surface area contributed by atoms with Gasteiger partial charge in [-0.2, -0.15) is 0 Å². The number of nitrogens with two attached hydrogens (primary N) is 1. The van der Waals surface area contributed by atoms with Gasteiger partial charge in [-0.15, -0.1) is 0 Å². The van der Waals surface area contributed by atoms with Crippen LogP contribution in [0.25, 0.3) is 21.7 Å². The third kappa shape index (κ3) is 3.63. The number of nitrogens with one attached hydrogen (secondary N) is 1. The fourth-order valence-corrected chi connectivity index (χ4v) is 3.91. The highest BCUT2D eigenvalue weighted by atomic mass is 16.5. The number of methoxy groups -OCH3 is 3. The Morgan fingerprint density at radius 1 is 0.968 bits per heavy atom. The van der Waals surface area contributed by atoms with Crippen molar-refractivity contribution in [1.29, 1.82) is 0 Å². The predicted molar refractivity (Wildman–Crippen MR) is 123 cm³/mol. The molecule has 7 nitrogen and oxygen atoms in total. The Bertz CT molecular complexity index is 1340. The van der Waals surface area contributed by atoms with Gasteiger partial charge in [-0.05, 0) is 53.8 Å². The van der Waals surface area contributed by atoms with Crippen molar-refractivity contribution >= 4 is 27.5 Å². The molecule has 0 radical (unpaired) electrons. The number of hydrogen-bond acceptors (Lipinski definition) is 6. The standard InChI is InChI=1S/C24H25N3O4/c1-5-19-17-12-22(31-4)21(30-3)11-16(17)18(24(28)27-19)10-14-8-13-9-15(29-2)6-7-20(13)26-23(14)25/h6-9,11-12H,5,10H2,1-4H3,(H2,25,26)(H,27,28). The summed E-state index contributed by atoms with van der Waals surface area (Å²) in [7, 11) is 4.79. The number of aromatic nitrogens is 2. The van der Waals surface area contributed by atoms with Crippen molar-refractivity contribution in [1.82, 2.24) is 9.97 Å². The number of hydrogen-bond donors (Lipinski definition) is 2. The SMILES string of the molecule is CCc1[nH]c(=O)c(Cc2cc3cc(OC)ccc3nc2N)c2cc(OC)c(OC)cc12. The minimum absolute atomic E-state index is 0.151. The number of nitrogens with zero attached hydrogens (tertiary/aromatic N) is 1. The second-order valence-corrected chi connectivity index (χ2v) is 7.29. The molecule has 0 aliphatic carbocycles. The van der Waals surface area contributed by atoms with Crippen LogP contribution >= 0.6 is 0 Å². The number of aromatic amines is 1. The zero-order valence-electron chi connectivity index (χ0n) is 18.0. The molecule has 2 heterocycles. The summed E-state index contributed by atoms with van der Waals surface area (Å²) in [5.74, 6) is 2.31. The largest absolute Gasteiger partial charge is 0.497 e. The van der Waals surface area contributed by atoms with E-state index >= 15 is 0 Å². The van der Waals surface area contributed by atoms with Crippen LogP contribution < -0.4 is 25.5 Å². The van der Waals surface area contributed by atoms with Crippen LogP contribution in [0.4, 0.5) is 5.82 Å². The summed E-state index contributed by atoms with van der Waals surface area (Å²) in [6.07, 6.45) is 1.01. The smallest absolute Gasteiger partial charge is 0.252 e. The number of pyridine rings is 2. The van der Waals surface area contributed by atoms with Gasteiger partial charge in [0.1, 0.15) is 11.6 Å². The van der Waals surface area contributed by atoms with Crippen molar-refractivity contribution in [3.63, 3.8) is 0 Å². The van der Waals surface area contributed by atoms with E-state index in [0.717, 1.165) is 38.7 Å². The van der Waals surface area contributed by atoms with E-state index in [1.54, 1.807) is 21.3 Å². The number of H-pyrrole nitrogens is 1. The lowest BCUT2D eigenvalue weighted by atomic mass is 9.97. The van der Waals surface area contributed by atoms with Gasteiger partial charge >= 0.3 is 0 Å². The van der Waals surface area contributed by atoms with Crippen LogP contribution in [0.1, 0.15) is 23.7 Å². The molecule has 2 aromatic carbocycles. The van der Waals surface area contributed by atoms with E-state index in [9.17, 15) is 4.79 Å². The summed E-state index contributed by atoms with van der Waals surface area (Å²) in [5, 5.41) is 2.63. The molecule has 0 aliphatic rings. The minimum atomic E-state index is -0.151. The lowest BCUT2D eigenvalue weighted by molar-refractivity contribution is 0.356. The minimum Gasteiger partial charge on any atom is -0.497 e. The van der Waals surface area contributed by atoms with Crippen molar-refractivity contribution in [3.8, 4) is 17.2 Å². The molecule has 0 fully saturated rings. The van der Waals surface area contributed by atoms with Gasteiger partial charge in [0.05, 0.1) is 26.8 Å². The first-order valence-electron chi connectivity index (χ1n) is 10.0. The summed E-state index contributed by atoms with van der Waals surface area (Å²) in [5.41, 5.74) is 9.10. The van der Waals surface area contributed by atoms with Crippen LogP contribution in [-0.4, -0.2) is 31.3 Å². The molecule has 2 aromatic heterocycles. The maximum absolute atomic E-state index is 13.0. The monoisotopic (exact) mass is 419 g/mol. The molecule has 0 spiro atoms. The van der Waals surface area contributed by atoms with E-state index in [1.807, 2.05) is 43.3 Å². The highest BCUT2D eigenvalue weighted by Gasteiger charge is 2.17. The predicted octanol–water partition coefficient (Wildman–Crippen LogP) is 3.84. The van der Waals surface area contributed by atoms with Crippen LogP contribution in [0.2, 0.25) is 0 Å². The molecule has 0 bridgehead atoms. The normalized spacial score (nSPS) is 11.1. The molecule has 0 amide bonds. The van der Waals surface area contributed by atoms with Crippen molar-refractivity contribution < 1.29 is 14.2 Å². The summed E-state index contributed by atoms with van der Waals surface area (Å²) >= 11 is 0. The Labute approximate surface area is 179 Å². The van der Waals surface area contributed by atoms with Gasteiger partial charge in [0.15, 0.2) is 11.5 Å². The Morgan fingerprint density at radius 2 is 1.68 bits per heavy atom. The zero-order chi connectivity index (χ0) is 22.1. The molecule has 7 heteroatoms. The highest BCUT2D eigenvalue weighted by Crippen LogP contribution is 2.35. The van der Waals surface area contributed by atoms with Crippen molar-refractivity contribution in [3.05, 3.63) is 63.6 Å². The van der Waals surface area contributed by atoms with Crippen LogP contribution in [0.5, 0.6) is 17.2 Å². The topological polar surface area (TPSA) is 99.5 Å². The van der Waals surface area contributed by atoms with E-state index < -0.39 is 0 Å². The maximum atomic E-state index is 13.0. The van der Waals surface area contributed by atoms with E-state index in [1.165, 1.54) is 0 Å². The zero-order valence-corrected chi connectivity index (χ0v) is 18.0. The molecule has 0 saturated heterocycles. The summed E-state index contributed by atoms with van der Waals surface area (Å²) in [6, 6.07) is 11.3. The number of nitrogen functional groups attached to an aromatic ring is 1. The van der Waals surface area contributed by atoms with Crippen LogP contribution in [0, 0.1) is 0 Å². The molecule has 0 saturated carbocycles. The first kappa shape index (κ1) is 20.5. The van der Waals surface area contributed by atoms with Gasteiger partial charge in [0, 0.05) is 28.5 Å². The molecule has 3 N–H and O–H groups in total.